The number of aliphatic carboxylic acids is 1. The highest BCUT2D eigenvalue weighted by Crippen LogP contribution is 2.05. The lowest BCUT2D eigenvalue weighted by Gasteiger charge is -2.00. The smallest absolute Gasteiger partial charge is 0.342 e. The van der Waals surface area contributed by atoms with Gasteiger partial charge in [-0.15, -0.1) is 0 Å². The Balaban J connectivity index is 4.61. The van der Waals surface area contributed by atoms with Crippen molar-refractivity contribution in [3.05, 3.63) is 11.8 Å². The van der Waals surface area contributed by atoms with E-state index in [1.165, 1.54) is 6.92 Å². The van der Waals surface area contributed by atoms with Crippen LogP contribution in [0.5, 0.6) is 0 Å². The zero-order valence-electron chi connectivity index (χ0n) is 6.79. The number of carbonyl (C=O) groups is 2. The molecule has 0 aliphatic rings. The minimum absolute atomic E-state index is 0.104. The molecule has 0 aromatic carbocycles. The summed E-state index contributed by atoms with van der Waals surface area (Å²) >= 11 is 0. The molecule has 0 aliphatic heterocycles. The van der Waals surface area contributed by atoms with Crippen LogP contribution in [-0.4, -0.2) is 29.9 Å². The number of Topliss-reactive ketones (excluding diaryl/α,β-unsaturated/α-hetero) is 1. The van der Waals surface area contributed by atoms with Crippen molar-refractivity contribution in [1.29, 1.82) is 0 Å². The number of carboxylic acids is 1. The molecule has 0 rings (SSSR count). The van der Waals surface area contributed by atoms with Gasteiger partial charge in [0.15, 0.2) is 0 Å². The molecule has 0 aromatic heterocycles. The van der Waals surface area contributed by atoms with Gasteiger partial charge in [0.2, 0.25) is 5.78 Å². The fourth-order valence-electron chi connectivity index (χ4n) is 0.498. The van der Waals surface area contributed by atoms with Crippen LogP contribution < -0.4 is 0 Å². The van der Waals surface area contributed by atoms with E-state index in [9.17, 15) is 18.4 Å². The monoisotopic (exact) mass is 194 g/mol. The largest absolute Gasteiger partial charge is 0.500 e. The van der Waals surface area contributed by atoms with Crippen LogP contribution in [0.4, 0.5) is 8.78 Å². The van der Waals surface area contributed by atoms with Gasteiger partial charge < -0.3 is 9.84 Å². The van der Waals surface area contributed by atoms with Crippen LogP contribution in [0, 0.1) is 0 Å². The Hall–Kier alpha value is -1.46. The summed E-state index contributed by atoms with van der Waals surface area (Å²) in [5, 5.41) is 8.32. The molecule has 0 spiro atoms. The van der Waals surface area contributed by atoms with E-state index >= 15 is 0 Å². The van der Waals surface area contributed by atoms with Crippen LogP contribution in [0.2, 0.25) is 0 Å². The molecular formula is C7H8F2O4. The molecule has 0 fully saturated rings. The number of alkyl halides is 2. The molecule has 13 heavy (non-hydrogen) atoms. The summed E-state index contributed by atoms with van der Waals surface area (Å²) in [4.78, 5) is 20.8. The number of carbonyl (C=O) groups excluding carboxylic acids is 1. The molecule has 74 valence electrons. The summed E-state index contributed by atoms with van der Waals surface area (Å²) in [6.07, 6.45) is -2.81. The minimum Gasteiger partial charge on any atom is -0.500 e. The first-order chi connectivity index (χ1) is 6.00. The second kappa shape index (κ2) is 5.23. The van der Waals surface area contributed by atoms with Crippen LogP contribution in [0.15, 0.2) is 11.8 Å². The van der Waals surface area contributed by atoms with Crippen LogP contribution in [0.25, 0.3) is 0 Å². The maximum absolute atomic E-state index is 11.8. The lowest BCUT2D eigenvalue weighted by atomic mass is 10.2. The standard InChI is InChI=1S/C7H8F2O4/c1-2-13-3-4(7(11)12)5(10)6(8)9/h3,6H,2H2,1H3,(H,11,12). The number of ether oxygens (including phenoxy) is 1. The number of ketones is 1. The molecule has 0 saturated heterocycles. The summed E-state index contributed by atoms with van der Waals surface area (Å²) in [5.41, 5.74) is -1.04. The quantitative estimate of drug-likeness (QED) is 0.304. The number of rotatable bonds is 5. The Morgan fingerprint density at radius 3 is 2.38 bits per heavy atom. The molecule has 0 amide bonds. The summed E-state index contributed by atoms with van der Waals surface area (Å²) in [6.45, 7) is 1.64. The van der Waals surface area contributed by atoms with Crippen molar-refractivity contribution in [3.63, 3.8) is 0 Å². The van der Waals surface area contributed by atoms with Crippen LogP contribution >= 0.6 is 0 Å². The highest BCUT2D eigenvalue weighted by Gasteiger charge is 2.26. The zero-order chi connectivity index (χ0) is 10.4. The van der Waals surface area contributed by atoms with Crippen LogP contribution in [-0.2, 0) is 14.3 Å². The van der Waals surface area contributed by atoms with E-state index in [4.69, 9.17) is 5.11 Å². The van der Waals surface area contributed by atoms with Crippen molar-refractivity contribution in [2.75, 3.05) is 6.61 Å². The van der Waals surface area contributed by atoms with Gasteiger partial charge in [-0.3, -0.25) is 4.79 Å². The molecule has 0 aromatic rings. The van der Waals surface area contributed by atoms with E-state index in [1.807, 2.05) is 0 Å². The van der Waals surface area contributed by atoms with Crippen molar-refractivity contribution in [1.82, 2.24) is 0 Å². The van der Waals surface area contributed by atoms with Gasteiger partial charge in [-0.1, -0.05) is 0 Å². The maximum atomic E-state index is 11.8. The van der Waals surface area contributed by atoms with Gasteiger partial charge in [-0.25, -0.2) is 13.6 Å². The molecule has 6 heteroatoms. The molecule has 1 N–H and O–H groups in total. The molecular weight excluding hydrogens is 186 g/mol. The van der Waals surface area contributed by atoms with Crippen LogP contribution in [0.3, 0.4) is 0 Å². The second-order valence-electron chi connectivity index (χ2n) is 1.96. The summed E-state index contributed by atoms with van der Waals surface area (Å²) in [6, 6.07) is 0. The summed E-state index contributed by atoms with van der Waals surface area (Å²) < 4.78 is 27.9. The zero-order valence-corrected chi connectivity index (χ0v) is 6.79. The predicted octanol–water partition coefficient (Wildman–Crippen LogP) is 0.826. The number of hydrogen-bond donors (Lipinski definition) is 1. The highest BCUT2D eigenvalue weighted by atomic mass is 19.3. The SMILES string of the molecule is CCOC=C(C(=O)O)C(=O)C(F)F. The molecule has 0 saturated carbocycles. The van der Waals surface area contributed by atoms with E-state index in [0.717, 1.165) is 0 Å². The molecule has 0 bridgehead atoms. The van der Waals surface area contributed by atoms with E-state index in [0.29, 0.717) is 6.26 Å². The summed E-state index contributed by atoms with van der Waals surface area (Å²) in [7, 11) is 0. The van der Waals surface area contributed by atoms with Crippen molar-refractivity contribution in [2.24, 2.45) is 0 Å². The second-order valence-corrected chi connectivity index (χ2v) is 1.96. The van der Waals surface area contributed by atoms with Gasteiger partial charge in [0.25, 0.3) is 0 Å². The molecule has 0 atom stereocenters. The van der Waals surface area contributed by atoms with E-state index < -0.39 is 23.8 Å². The third-order valence-corrected chi connectivity index (χ3v) is 1.06. The Bertz CT molecular complexity index is 235. The van der Waals surface area contributed by atoms with Crippen molar-refractivity contribution < 1.29 is 28.2 Å². The lowest BCUT2D eigenvalue weighted by molar-refractivity contribution is -0.137. The normalized spacial score (nSPS) is 11.5. The van der Waals surface area contributed by atoms with Gasteiger partial charge in [-0.05, 0) is 6.92 Å². The fraction of sp³-hybridized carbons (Fsp3) is 0.429. The fourth-order valence-corrected chi connectivity index (χ4v) is 0.498. The third-order valence-electron chi connectivity index (χ3n) is 1.06. The molecule has 0 heterocycles. The van der Waals surface area contributed by atoms with E-state index in [2.05, 4.69) is 4.74 Å². The van der Waals surface area contributed by atoms with Crippen molar-refractivity contribution >= 4 is 11.8 Å². The maximum Gasteiger partial charge on any atom is 0.342 e. The summed E-state index contributed by atoms with van der Waals surface area (Å²) in [5.74, 6) is -3.47. The topological polar surface area (TPSA) is 63.6 Å². The number of carboxylic acid groups (broad SMARTS) is 1. The first-order valence-corrected chi connectivity index (χ1v) is 3.38. The Morgan fingerprint density at radius 2 is 2.08 bits per heavy atom. The van der Waals surface area contributed by atoms with Crippen molar-refractivity contribution in [2.45, 2.75) is 13.3 Å². The highest BCUT2D eigenvalue weighted by molar-refractivity contribution is 6.17. The first-order valence-electron chi connectivity index (χ1n) is 3.38. The van der Waals surface area contributed by atoms with Gasteiger partial charge in [0, 0.05) is 0 Å². The number of hydrogen-bond acceptors (Lipinski definition) is 3. The lowest BCUT2D eigenvalue weighted by Crippen LogP contribution is -2.19. The molecule has 4 nitrogen and oxygen atoms in total. The molecule has 0 radical (unpaired) electrons. The van der Waals surface area contributed by atoms with E-state index in [1.54, 1.807) is 0 Å². The minimum atomic E-state index is -3.33. The number of halogens is 2. The first kappa shape index (κ1) is 11.5. The Labute approximate surface area is 72.8 Å². The molecule has 0 unspecified atom stereocenters. The van der Waals surface area contributed by atoms with Gasteiger partial charge >= 0.3 is 12.4 Å². The Kier molecular flexibility index (Phi) is 4.64. The van der Waals surface area contributed by atoms with Gasteiger partial charge in [-0.2, -0.15) is 0 Å². The Morgan fingerprint density at radius 1 is 1.54 bits per heavy atom. The molecule has 0 aliphatic carbocycles. The third kappa shape index (κ3) is 3.64. The van der Waals surface area contributed by atoms with Gasteiger partial charge in [0.1, 0.15) is 11.8 Å². The predicted molar refractivity (Wildman–Crippen MR) is 38.4 cm³/mol. The average Bonchev–Trinajstić information content (AvgIpc) is 2.04. The van der Waals surface area contributed by atoms with Crippen LogP contribution in [0.1, 0.15) is 6.92 Å². The van der Waals surface area contributed by atoms with Crippen molar-refractivity contribution in [3.8, 4) is 0 Å². The average molecular weight is 194 g/mol. The van der Waals surface area contributed by atoms with E-state index in [-0.39, 0.29) is 6.61 Å². The van der Waals surface area contributed by atoms with Gasteiger partial charge in [0.05, 0.1) is 6.61 Å².